The zero-order valence-electron chi connectivity index (χ0n) is 11.6. The van der Waals surface area contributed by atoms with Crippen molar-refractivity contribution >= 4 is 6.09 Å². The Morgan fingerprint density at radius 2 is 1.76 bits per heavy atom. The molecule has 2 rings (SSSR count). The van der Waals surface area contributed by atoms with E-state index in [2.05, 4.69) is 0 Å². The lowest BCUT2D eigenvalue weighted by molar-refractivity contribution is 0.0924. The molecule has 21 heavy (non-hydrogen) atoms. The second kappa shape index (κ2) is 8.01. The number of carbonyl (C=O) groups is 1. The zero-order chi connectivity index (χ0) is 14.9. The van der Waals surface area contributed by atoms with Crippen molar-refractivity contribution < 1.29 is 14.3 Å². The van der Waals surface area contributed by atoms with Crippen LogP contribution in [-0.2, 0) is 16.1 Å². The molecule has 1 heterocycles. The number of rotatable bonds is 6. The van der Waals surface area contributed by atoms with E-state index in [1.807, 2.05) is 30.3 Å². The van der Waals surface area contributed by atoms with Gasteiger partial charge >= 0.3 is 6.09 Å². The number of carbonyl (C=O) groups excluding carboxylic acids is 1. The van der Waals surface area contributed by atoms with Gasteiger partial charge in [0.05, 0.1) is 19.8 Å². The van der Waals surface area contributed by atoms with Gasteiger partial charge in [-0.05, 0) is 11.6 Å². The molecule has 0 aliphatic carbocycles. The predicted molar refractivity (Wildman–Crippen MR) is 78.2 cm³/mol. The third kappa shape index (κ3) is 4.89. The molecule has 0 amide bonds. The second-order valence-corrected chi connectivity index (χ2v) is 4.41. The lowest BCUT2D eigenvalue weighted by atomic mass is 10.2. The molecule has 0 fully saturated rings. The molecule has 0 aliphatic heterocycles. The lowest BCUT2D eigenvalue weighted by Gasteiger charge is -2.07. The summed E-state index contributed by atoms with van der Waals surface area (Å²) in [5, 5.41) is 0. The number of nitrogens with zero attached hydrogens (tertiary/aromatic N) is 1. The smallest absolute Gasteiger partial charge is 0.420 e. The van der Waals surface area contributed by atoms with Crippen LogP contribution in [0.25, 0.3) is 0 Å². The maximum atomic E-state index is 11.6. The number of aromatic nitrogens is 1. The largest absolute Gasteiger partial charge is 0.449 e. The Kier molecular flexibility index (Phi) is 5.72. The van der Waals surface area contributed by atoms with Crippen molar-refractivity contribution in [2.75, 3.05) is 13.2 Å². The number of pyridine rings is 1. The van der Waals surface area contributed by atoms with Crippen molar-refractivity contribution in [1.82, 2.24) is 4.57 Å². The summed E-state index contributed by atoms with van der Waals surface area (Å²) in [6, 6.07) is 14.3. The molecular formula is C16H17NO4. The van der Waals surface area contributed by atoms with Gasteiger partial charge in [-0.3, -0.25) is 4.79 Å². The van der Waals surface area contributed by atoms with Crippen LogP contribution in [0.15, 0.2) is 59.5 Å². The molecular weight excluding hydrogens is 270 g/mol. The SMILES string of the molecule is O=C(OCCCOCc1ccccc1)n1ccccc1=O. The minimum atomic E-state index is -0.663. The topological polar surface area (TPSA) is 57.5 Å². The Balaban J connectivity index is 1.63. The number of hydrogen-bond donors (Lipinski definition) is 0. The Bertz CT molecular complexity index is 621. The molecule has 2 aromatic rings. The van der Waals surface area contributed by atoms with Crippen molar-refractivity contribution in [3.05, 3.63) is 70.6 Å². The fourth-order valence-electron chi connectivity index (χ4n) is 1.73. The fraction of sp³-hybridized carbons (Fsp3) is 0.250. The molecule has 0 saturated heterocycles. The normalized spacial score (nSPS) is 10.3. The molecule has 0 spiro atoms. The first-order chi connectivity index (χ1) is 10.3. The summed E-state index contributed by atoms with van der Waals surface area (Å²) in [5.41, 5.74) is 0.702. The van der Waals surface area contributed by atoms with E-state index in [0.29, 0.717) is 19.6 Å². The summed E-state index contributed by atoms with van der Waals surface area (Å²) in [6.07, 6.45) is 1.31. The van der Waals surface area contributed by atoms with Crippen molar-refractivity contribution in [3.8, 4) is 0 Å². The molecule has 1 aromatic carbocycles. The molecule has 110 valence electrons. The van der Waals surface area contributed by atoms with E-state index >= 15 is 0 Å². The van der Waals surface area contributed by atoms with Crippen LogP contribution in [0.3, 0.4) is 0 Å². The molecule has 1 aromatic heterocycles. The second-order valence-electron chi connectivity index (χ2n) is 4.41. The third-order valence-electron chi connectivity index (χ3n) is 2.79. The van der Waals surface area contributed by atoms with E-state index in [1.54, 1.807) is 12.1 Å². The van der Waals surface area contributed by atoms with Crippen LogP contribution < -0.4 is 5.56 Å². The Labute approximate surface area is 122 Å². The van der Waals surface area contributed by atoms with Gasteiger partial charge in [0.1, 0.15) is 0 Å². The summed E-state index contributed by atoms with van der Waals surface area (Å²) < 4.78 is 11.4. The van der Waals surface area contributed by atoms with Crippen molar-refractivity contribution in [1.29, 1.82) is 0 Å². The first-order valence-electron chi connectivity index (χ1n) is 6.74. The van der Waals surface area contributed by atoms with Crippen molar-refractivity contribution in [3.63, 3.8) is 0 Å². The van der Waals surface area contributed by atoms with E-state index in [4.69, 9.17) is 9.47 Å². The van der Waals surface area contributed by atoms with Gasteiger partial charge in [-0.25, -0.2) is 9.36 Å². The van der Waals surface area contributed by atoms with Gasteiger partial charge in [-0.1, -0.05) is 36.4 Å². The van der Waals surface area contributed by atoms with Crippen molar-refractivity contribution in [2.24, 2.45) is 0 Å². The monoisotopic (exact) mass is 287 g/mol. The predicted octanol–water partition coefficient (Wildman–Crippen LogP) is 2.44. The summed E-state index contributed by atoms with van der Waals surface area (Å²) in [5.74, 6) is 0. The highest BCUT2D eigenvalue weighted by atomic mass is 16.6. The first-order valence-corrected chi connectivity index (χ1v) is 6.74. The Hall–Kier alpha value is -2.40. The zero-order valence-corrected chi connectivity index (χ0v) is 11.6. The molecule has 0 bridgehead atoms. The van der Waals surface area contributed by atoms with Crippen LogP contribution in [-0.4, -0.2) is 23.9 Å². The maximum absolute atomic E-state index is 11.6. The number of ether oxygens (including phenoxy) is 2. The van der Waals surface area contributed by atoms with Gasteiger partial charge in [0.2, 0.25) is 0 Å². The van der Waals surface area contributed by atoms with Crippen LogP contribution in [0.2, 0.25) is 0 Å². The van der Waals surface area contributed by atoms with Crippen LogP contribution in [0, 0.1) is 0 Å². The first kappa shape index (κ1) is 15.0. The fourth-order valence-corrected chi connectivity index (χ4v) is 1.73. The molecule has 0 N–H and O–H groups in total. The third-order valence-corrected chi connectivity index (χ3v) is 2.79. The maximum Gasteiger partial charge on any atom is 0.420 e. The van der Waals surface area contributed by atoms with E-state index in [1.165, 1.54) is 12.3 Å². The quantitative estimate of drug-likeness (QED) is 0.766. The summed E-state index contributed by atoms with van der Waals surface area (Å²) in [4.78, 5) is 23.0. The van der Waals surface area contributed by atoms with Gasteiger partial charge in [-0.2, -0.15) is 0 Å². The highest BCUT2D eigenvalue weighted by Gasteiger charge is 2.06. The van der Waals surface area contributed by atoms with Crippen LogP contribution >= 0.6 is 0 Å². The average Bonchev–Trinajstić information content (AvgIpc) is 2.52. The van der Waals surface area contributed by atoms with Gasteiger partial charge < -0.3 is 9.47 Å². The van der Waals surface area contributed by atoms with Crippen molar-refractivity contribution in [2.45, 2.75) is 13.0 Å². The van der Waals surface area contributed by atoms with E-state index in [-0.39, 0.29) is 6.61 Å². The Morgan fingerprint density at radius 3 is 2.52 bits per heavy atom. The minimum absolute atomic E-state index is 0.217. The highest BCUT2D eigenvalue weighted by Crippen LogP contribution is 2.00. The number of hydrogen-bond acceptors (Lipinski definition) is 4. The molecule has 0 radical (unpaired) electrons. The average molecular weight is 287 g/mol. The molecule has 0 atom stereocenters. The highest BCUT2D eigenvalue weighted by molar-refractivity contribution is 5.70. The van der Waals surface area contributed by atoms with Crippen LogP contribution in [0.1, 0.15) is 12.0 Å². The summed E-state index contributed by atoms with van der Waals surface area (Å²) in [6.45, 7) is 1.24. The van der Waals surface area contributed by atoms with Gasteiger partial charge in [-0.15, -0.1) is 0 Å². The molecule has 5 heteroatoms. The van der Waals surface area contributed by atoms with Crippen LogP contribution in [0.5, 0.6) is 0 Å². The van der Waals surface area contributed by atoms with E-state index < -0.39 is 11.7 Å². The van der Waals surface area contributed by atoms with E-state index in [0.717, 1.165) is 10.1 Å². The molecule has 0 saturated carbocycles. The number of benzene rings is 1. The minimum Gasteiger partial charge on any atom is -0.449 e. The van der Waals surface area contributed by atoms with Crippen LogP contribution in [0.4, 0.5) is 4.79 Å². The molecule has 0 unspecified atom stereocenters. The lowest BCUT2D eigenvalue weighted by Crippen LogP contribution is -2.26. The Morgan fingerprint density at radius 1 is 1.00 bits per heavy atom. The van der Waals surface area contributed by atoms with E-state index in [9.17, 15) is 9.59 Å². The summed E-state index contributed by atoms with van der Waals surface area (Å²) in [7, 11) is 0. The van der Waals surface area contributed by atoms with Gasteiger partial charge in [0, 0.05) is 18.7 Å². The summed E-state index contributed by atoms with van der Waals surface area (Å²) >= 11 is 0. The van der Waals surface area contributed by atoms with Gasteiger partial charge in [0.25, 0.3) is 5.56 Å². The van der Waals surface area contributed by atoms with Gasteiger partial charge in [0.15, 0.2) is 0 Å². The standard InChI is InChI=1S/C16H17NO4/c18-15-9-4-5-10-17(15)16(19)21-12-6-11-20-13-14-7-2-1-3-8-14/h1-5,7-10H,6,11-13H2. The molecule has 0 aliphatic rings. The molecule has 5 nitrogen and oxygen atoms in total.